The van der Waals surface area contributed by atoms with Crippen molar-refractivity contribution < 1.29 is 22.4 Å². The van der Waals surface area contributed by atoms with E-state index >= 15 is 0 Å². The van der Waals surface area contributed by atoms with E-state index in [1.165, 1.54) is 23.9 Å². The summed E-state index contributed by atoms with van der Waals surface area (Å²) in [7, 11) is 0. The molecule has 1 aliphatic rings. The number of thioether (sulfide) groups is 1. The Morgan fingerprint density at radius 1 is 0.923 bits per heavy atom. The number of nitrogens with zero attached hydrogens (tertiary/aromatic N) is 5. The fraction of sp³-hybridized carbons (Fsp3) is 0.250. The van der Waals surface area contributed by atoms with Crippen molar-refractivity contribution in [1.82, 2.24) is 19.7 Å². The van der Waals surface area contributed by atoms with Gasteiger partial charge in [-0.25, -0.2) is 4.39 Å². The summed E-state index contributed by atoms with van der Waals surface area (Å²) < 4.78 is 55.4. The number of hydrogen-bond donors (Lipinski definition) is 0. The summed E-state index contributed by atoms with van der Waals surface area (Å²) in [5.41, 5.74) is 1.53. The molecule has 2 heterocycles. The number of para-hydroxylation sites is 1. The minimum atomic E-state index is -4.46. The Morgan fingerprint density at radius 3 is 2.41 bits per heavy atom. The van der Waals surface area contributed by atoms with Gasteiger partial charge in [0.1, 0.15) is 11.6 Å². The Bertz CT molecular complexity index is 1480. The predicted octanol–water partition coefficient (Wildman–Crippen LogP) is 5.99. The van der Waals surface area contributed by atoms with E-state index in [1.54, 1.807) is 46.7 Å². The maximum absolute atomic E-state index is 14.1. The van der Waals surface area contributed by atoms with Crippen LogP contribution in [0.1, 0.15) is 27.3 Å². The molecule has 0 unspecified atom stereocenters. The molecule has 0 bridgehead atoms. The molecule has 6 nitrogen and oxygen atoms in total. The molecule has 202 valence electrons. The highest BCUT2D eigenvalue weighted by Gasteiger charge is 2.31. The molecule has 1 fully saturated rings. The van der Waals surface area contributed by atoms with Gasteiger partial charge in [0.25, 0.3) is 5.91 Å². The van der Waals surface area contributed by atoms with Crippen molar-refractivity contribution >= 4 is 23.4 Å². The van der Waals surface area contributed by atoms with Crippen LogP contribution in [0.4, 0.5) is 23.2 Å². The van der Waals surface area contributed by atoms with Crippen LogP contribution < -0.4 is 4.90 Å². The topological polar surface area (TPSA) is 54.3 Å². The lowest BCUT2D eigenvalue weighted by Crippen LogP contribution is -2.49. The van der Waals surface area contributed by atoms with Gasteiger partial charge < -0.3 is 9.80 Å². The van der Waals surface area contributed by atoms with Crippen LogP contribution in [0.15, 0.2) is 78.0 Å². The molecule has 0 spiro atoms. The maximum Gasteiger partial charge on any atom is 0.416 e. The molecule has 1 saturated heterocycles. The van der Waals surface area contributed by atoms with Gasteiger partial charge in [-0.15, -0.1) is 10.2 Å². The SMILES string of the molecule is Cc1nnc(SCc2cccc(C(=O)N3CCN(c4ccccc4F)CC3)c2)n1-c1cccc(C(F)(F)F)c1. The third-order valence-electron chi connectivity index (χ3n) is 6.53. The zero-order valence-electron chi connectivity index (χ0n) is 21.0. The van der Waals surface area contributed by atoms with E-state index in [0.29, 0.717) is 59.9 Å². The molecule has 1 aromatic heterocycles. The largest absolute Gasteiger partial charge is 0.416 e. The number of halogens is 4. The second-order valence-electron chi connectivity index (χ2n) is 9.13. The lowest BCUT2D eigenvalue weighted by molar-refractivity contribution is -0.137. The van der Waals surface area contributed by atoms with Crippen LogP contribution in [0.2, 0.25) is 0 Å². The van der Waals surface area contributed by atoms with E-state index < -0.39 is 11.7 Å². The third kappa shape index (κ3) is 5.93. The molecule has 0 saturated carbocycles. The van der Waals surface area contributed by atoms with Crippen LogP contribution in [0.5, 0.6) is 0 Å². The van der Waals surface area contributed by atoms with Crippen LogP contribution in [-0.2, 0) is 11.9 Å². The number of piperazine rings is 1. The van der Waals surface area contributed by atoms with Crippen molar-refractivity contribution in [3.63, 3.8) is 0 Å². The first kappa shape index (κ1) is 26.7. The first-order valence-electron chi connectivity index (χ1n) is 12.3. The summed E-state index contributed by atoms with van der Waals surface area (Å²) in [6, 6.07) is 18.9. The molecule has 1 aliphatic heterocycles. The molecule has 0 N–H and O–H groups in total. The van der Waals surface area contributed by atoms with E-state index in [0.717, 1.165) is 17.7 Å². The molecular weight excluding hydrogens is 530 g/mol. The van der Waals surface area contributed by atoms with Crippen LogP contribution in [0, 0.1) is 12.7 Å². The molecule has 0 aliphatic carbocycles. The Morgan fingerprint density at radius 2 is 1.67 bits per heavy atom. The lowest BCUT2D eigenvalue weighted by Gasteiger charge is -2.36. The highest BCUT2D eigenvalue weighted by atomic mass is 32.2. The van der Waals surface area contributed by atoms with Gasteiger partial charge >= 0.3 is 6.18 Å². The summed E-state index contributed by atoms with van der Waals surface area (Å²) in [5.74, 6) is 0.536. The minimum Gasteiger partial charge on any atom is -0.366 e. The fourth-order valence-electron chi connectivity index (χ4n) is 4.54. The smallest absolute Gasteiger partial charge is 0.366 e. The number of aryl methyl sites for hydroxylation is 1. The first-order chi connectivity index (χ1) is 18.7. The van der Waals surface area contributed by atoms with Crippen molar-refractivity contribution in [2.24, 2.45) is 0 Å². The third-order valence-corrected chi connectivity index (χ3v) is 7.53. The zero-order chi connectivity index (χ0) is 27.6. The second kappa shape index (κ2) is 11.1. The quantitative estimate of drug-likeness (QED) is 0.216. The summed E-state index contributed by atoms with van der Waals surface area (Å²) in [6.07, 6.45) is -4.46. The minimum absolute atomic E-state index is 0.0991. The Balaban J connectivity index is 1.25. The van der Waals surface area contributed by atoms with Gasteiger partial charge in [-0.2, -0.15) is 13.2 Å². The van der Waals surface area contributed by atoms with Crippen molar-refractivity contribution in [2.75, 3.05) is 31.1 Å². The zero-order valence-corrected chi connectivity index (χ0v) is 21.8. The van der Waals surface area contributed by atoms with Gasteiger partial charge in [-0.3, -0.25) is 9.36 Å². The van der Waals surface area contributed by atoms with E-state index in [1.807, 2.05) is 23.1 Å². The summed E-state index contributed by atoms with van der Waals surface area (Å²) in [6.45, 7) is 3.71. The average molecular weight is 556 g/mol. The standard InChI is InChI=1S/C28H25F4N5OS/c1-19-33-34-27(37(19)23-9-5-8-22(17-23)28(30,31)32)39-18-20-6-4-7-21(16-20)26(38)36-14-12-35(13-15-36)25-11-3-2-10-24(25)29/h2-11,16-17H,12-15,18H2,1H3. The number of rotatable bonds is 6. The maximum atomic E-state index is 14.1. The Labute approximate surface area is 227 Å². The van der Waals surface area contributed by atoms with Gasteiger partial charge in [-0.1, -0.05) is 42.1 Å². The number of alkyl halides is 3. The Kier molecular flexibility index (Phi) is 7.60. The number of carbonyl (C=O) groups excluding carboxylic acids is 1. The van der Waals surface area contributed by atoms with Gasteiger partial charge in [0.15, 0.2) is 5.16 Å². The van der Waals surface area contributed by atoms with Gasteiger partial charge in [0.05, 0.1) is 11.3 Å². The number of aromatic nitrogens is 3. The highest BCUT2D eigenvalue weighted by molar-refractivity contribution is 7.98. The highest BCUT2D eigenvalue weighted by Crippen LogP contribution is 2.32. The number of anilines is 1. The number of hydrogen-bond acceptors (Lipinski definition) is 5. The Hall–Kier alpha value is -3.86. The van der Waals surface area contributed by atoms with Crippen LogP contribution >= 0.6 is 11.8 Å². The number of benzene rings is 3. The molecule has 1 amide bonds. The fourth-order valence-corrected chi connectivity index (χ4v) is 5.48. The molecule has 5 rings (SSSR count). The van der Waals surface area contributed by atoms with Gasteiger partial charge in [0.2, 0.25) is 0 Å². The average Bonchev–Trinajstić information content (AvgIpc) is 3.31. The van der Waals surface area contributed by atoms with E-state index in [9.17, 15) is 22.4 Å². The molecule has 0 radical (unpaired) electrons. The number of carbonyl (C=O) groups is 1. The van der Waals surface area contributed by atoms with E-state index in [4.69, 9.17) is 0 Å². The molecule has 3 aromatic carbocycles. The molecule has 0 atom stereocenters. The monoisotopic (exact) mass is 555 g/mol. The van der Waals surface area contributed by atoms with Crippen LogP contribution in [-0.4, -0.2) is 51.8 Å². The van der Waals surface area contributed by atoms with Crippen LogP contribution in [0.3, 0.4) is 0 Å². The van der Waals surface area contributed by atoms with Crippen LogP contribution in [0.25, 0.3) is 5.69 Å². The molecular formula is C28H25F4N5OS. The predicted molar refractivity (Wildman–Crippen MR) is 142 cm³/mol. The molecule has 4 aromatic rings. The van der Waals surface area contributed by atoms with Gasteiger partial charge in [0, 0.05) is 43.2 Å². The molecule has 39 heavy (non-hydrogen) atoms. The van der Waals surface area contributed by atoms with Crippen molar-refractivity contribution in [2.45, 2.75) is 24.0 Å². The van der Waals surface area contributed by atoms with E-state index in [2.05, 4.69) is 10.2 Å². The van der Waals surface area contributed by atoms with Crippen molar-refractivity contribution in [1.29, 1.82) is 0 Å². The first-order valence-corrected chi connectivity index (χ1v) is 13.3. The summed E-state index contributed by atoms with van der Waals surface area (Å²) in [5, 5.41) is 8.67. The molecule has 11 heteroatoms. The second-order valence-corrected chi connectivity index (χ2v) is 10.1. The normalized spacial score (nSPS) is 14.1. The summed E-state index contributed by atoms with van der Waals surface area (Å²) in [4.78, 5) is 16.9. The lowest BCUT2D eigenvalue weighted by atomic mass is 10.1. The summed E-state index contributed by atoms with van der Waals surface area (Å²) >= 11 is 1.33. The van der Waals surface area contributed by atoms with E-state index in [-0.39, 0.29) is 11.7 Å². The van der Waals surface area contributed by atoms with Gasteiger partial charge in [-0.05, 0) is 55.0 Å². The van der Waals surface area contributed by atoms with Crippen molar-refractivity contribution in [3.05, 3.63) is 101 Å². The number of amides is 1. The van der Waals surface area contributed by atoms with Crippen molar-refractivity contribution in [3.8, 4) is 5.69 Å².